The first kappa shape index (κ1) is 14.8. The summed E-state index contributed by atoms with van der Waals surface area (Å²) >= 11 is 0. The SMILES string of the molecule is O=C(c1ccnc2ccnn12)N1CCN(Cc2ccccc2)CC1. The Labute approximate surface area is 140 Å². The second-order valence-electron chi connectivity index (χ2n) is 5.99. The van der Waals surface area contributed by atoms with Gasteiger partial charge < -0.3 is 4.90 Å². The highest BCUT2D eigenvalue weighted by Crippen LogP contribution is 2.12. The summed E-state index contributed by atoms with van der Waals surface area (Å²) in [6, 6.07) is 14.0. The second-order valence-corrected chi connectivity index (χ2v) is 5.99. The van der Waals surface area contributed by atoms with E-state index in [-0.39, 0.29) is 5.91 Å². The van der Waals surface area contributed by atoms with Crippen LogP contribution in [0.1, 0.15) is 16.1 Å². The third-order valence-electron chi connectivity index (χ3n) is 4.42. The first-order valence-electron chi connectivity index (χ1n) is 8.15. The molecule has 6 heteroatoms. The van der Waals surface area contributed by atoms with Crippen LogP contribution in [-0.2, 0) is 6.54 Å². The van der Waals surface area contributed by atoms with E-state index in [1.165, 1.54) is 5.56 Å². The van der Waals surface area contributed by atoms with Gasteiger partial charge in [-0.05, 0) is 11.6 Å². The fourth-order valence-electron chi connectivity index (χ4n) is 3.11. The Morgan fingerprint density at radius 2 is 1.75 bits per heavy atom. The van der Waals surface area contributed by atoms with Gasteiger partial charge in [-0.2, -0.15) is 5.10 Å². The number of rotatable bonds is 3. The van der Waals surface area contributed by atoms with Crippen molar-refractivity contribution in [1.82, 2.24) is 24.4 Å². The Kier molecular flexibility index (Phi) is 3.96. The quantitative estimate of drug-likeness (QED) is 0.737. The molecule has 0 unspecified atom stereocenters. The molecule has 4 rings (SSSR count). The molecule has 0 saturated carbocycles. The third-order valence-corrected chi connectivity index (χ3v) is 4.42. The summed E-state index contributed by atoms with van der Waals surface area (Å²) in [6.45, 7) is 4.16. The van der Waals surface area contributed by atoms with Gasteiger partial charge in [0.25, 0.3) is 5.91 Å². The predicted molar refractivity (Wildman–Crippen MR) is 90.6 cm³/mol. The molecule has 3 heterocycles. The number of benzene rings is 1. The molecule has 0 atom stereocenters. The molecule has 0 N–H and O–H groups in total. The van der Waals surface area contributed by atoms with Crippen LogP contribution in [0.3, 0.4) is 0 Å². The van der Waals surface area contributed by atoms with Crippen LogP contribution < -0.4 is 0 Å². The van der Waals surface area contributed by atoms with E-state index in [9.17, 15) is 4.79 Å². The van der Waals surface area contributed by atoms with Gasteiger partial charge in [0, 0.05) is 45.0 Å². The van der Waals surface area contributed by atoms with E-state index in [1.807, 2.05) is 11.0 Å². The number of fused-ring (bicyclic) bond motifs is 1. The number of carbonyl (C=O) groups is 1. The summed E-state index contributed by atoms with van der Waals surface area (Å²) < 4.78 is 1.61. The van der Waals surface area contributed by atoms with E-state index in [2.05, 4.69) is 39.2 Å². The highest BCUT2D eigenvalue weighted by atomic mass is 16.2. The fraction of sp³-hybridized carbons (Fsp3) is 0.278. The summed E-state index contributed by atoms with van der Waals surface area (Å²) in [5.41, 5.74) is 2.58. The van der Waals surface area contributed by atoms with Crippen LogP contribution >= 0.6 is 0 Å². The van der Waals surface area contributed by atoms with Crippen LogP contribution in [0.4, 0.5) is 0 Å². The molecular weight excluding hydrogens is 302 g/mol. The number of amides is 1. The maximum atomic E-state index is 12.8. The van der Waals surface area contributed by atoms with Crippen molar-refractivity contribution in [2.45, 2.75) is 6.54 Å². The number of hydrogen-bond donors (Lipinski definition) is 0. The van der Waals surface area contributed by atoms with Crippen molar-refractivity contribution in [2.24, 2.45) is 0 Å². The van der Waals surface area contributed by atoms with E-state index in [1.54, 1.807) is 29.0 Å². The lowest BCUT2D eigenvalue weighted by molar-refractivity contribution is 0.0620. The van der Waals surface area contributed by atoms with Crippen LogP contribution in [0, 0.1) is 0 Å². The van der Waals surface area contributed by atoms with Gasteiger partial charge in [0.2, 0.25) is 0 Å². The van der Waals surface area contributed by atoms with Gasteiger partial charge in [0.15, 0.2) is 5.65 Å². The first-order valence-corrected chi connectivity index (χ1v) is 8.15. The summed E-state index contributed by atoms with van der Waals surface area (Å²) in [4.78, 5) is 21.3. The molecule has 3 aromatic rings. The van der Waals surface area contributed by atoms with Gasteiger partial charge in [0.1, 0.15) is 5.69 Å². The van der Waals surface area contributed by atoms with Gasteiger partial charge >= 0.3 is 0 Å². The maximum Gasteiger partial charge on any atom is 0.272 e. The lowest BCUT2D eigenvalue weighted by atomic mass is 10.2. The Balaban J connectivity index is 1.42. The van der Waals surface area contributed by atoms with Gasteiger partial charge in [-0.25, -0.2) is 9.50 Å². The topological polar surface area (TPSA) is 53.7 Å². The molecule has 1 saturated heterocycles. The summed E-state index contributed by atoms with van der Waals surface area (Å²) in [5.74, 6) is 0.0189. The molecule has 1 fully saturated rings. The third kappa shape index (κ3) is 2.88. The molecule has 0 spiro atoms. The molecule has 6 nitrogen and oxygen atoms in total. The average Bonchev–Trinajstić information content (AvgIpc) is 3.11. The van der Waals surface area contributed by atoms with Crippen LogP contribution in [0.2, 0.25) is 0 Å². The van der Waals surface area contributed by atoms with Crippen LogP contribution in [0.15, 0.2) is 54.9 Å². The van der Waals surface area contributed by atoms with Crippen molar-refractivity contribution >= 4 is 11.6 Å². The molecule has 2 aromatic heterocycles. The van der Waals surface area contributed by atoms with Crippen LogP contribution in [0.5, 0.6) is 0 Å². The Hall–Kier alpha value is -2.73. The van der Waals surface area contributed by atoms with Crippen molar-refractivity contribution in [1.29, 1.82) is 0 Å². The molecule has 122 valence electrons. The number of nitrogens with zero attached hydrogens (tertiary/aromatic N) is 5. The highest BCUT2D eigenvalue weighted by molar-refractivity contribution is 5.93. The summed E-state index contributed by atoms with van der Waals surface area (Å²) in [5, 5.41) is 4.20. The predicted octanol–water partition coefficient (Wildman–Crippen LogP) is 1.69. The molecule has 1 aliphatic rings. The smallest absolute Gasteiger partial charge is 0.272 e. The maximum absolute atomic E-state index is 12.8. The van der Waals surface area contributed by atoms with Gasteiger partial charge in [-0.15, -0.1) is 0 Å². The number of hydrogen-bond acceptors (Lipinski definition) is 4. The lowest BCUT2D eigenvalue weighted by Gasteiger charge is -2.34. The average molecular weight is 321 g/mol. The second kappa shape index (κ2) is 6.41. The Morgan fingerprint density at radius 3 is 2.54 bits per heavy atom. The van der Waals surface area contributed by atoms with E-state index >= 15 is 0 Å². The van der Waals surface area contributed by atoms with E-state index in [0.29, 0.717) is 11.3 Å². The zero-order valence-corrected chi connectivity index (χ0v) is 13.4. The minimum Gasteiger partial charge on any atom is -0.335 e. The van der Waals surface area contributed by atoms with Crippen molar-refractivity contribution in [3.05, 3.63) is 66.1 Å². The minimum atomic E-state index is 0.0189. The van der Waals surface area contributed by atoms with Gasteiger partial charge in [0.05, 0.1) is 6.20 Å². The van der Waals surface area contributed by atoms with Crippen molar-refractivity contribution in [3.8, 4) is 0 Å². The number of aromatic nitrogens is 3. The lowest BCUT2D eigenvalue weighted by Crippen LogP contribution is -2.48. The molecule has 0 radical (unpaired) electrons. The zero-order chi connectivity index (χ0) is 16.4. The van der Waals surface area contributed by atoms with Crippen LogP contribution in [-0.4, -0.2) is 56.5 Å². The first-order chi connectivity index (χ1) is 11.8. The Bertz CT molecular complexity index is 837. The van der Waals surface area contributed by atoms with Crippen molar-refractivity contribution in [2.75, 3.05) is 26.2 Å². The monoisotopic (exact) mass is 321 g/mol. The fourth-order valence-corrected chi connectivity index (χ4v) is 3.11. The van der Waals surface area contributed by atoms with Gasteiger partial charge in [-0.3, -0.25) is 9.69 Å². The minimum absolute atomic E-state index is 0.0189. The molecule has 0 bridgehead atoms. The normalized spacial score (nSPS) is 15.8. The zero-order valence-electron chi connectivity index (χ0n) is 13.4. The van der Waals surface area contributed by atoms with Crippen molar-refractivity contribution in [3.63, 3.8) is 0 Å². The van der Waals surface area contributed by atoms with Crippen molar-refractivity contribution < 1.29 is 4.79 Å². The van der Waals surface area contributed by atoms with E-state index < -0.39 is 0 Å². The summed E-state index contributed by atoms with van der Waals surface area (Å²) in [6.07, 6.45) is 3.33. The number of piperazine rings is 1. The summed E-state index contributed by atoms with van der Waals surface area (Å²) in [7, 11) is 0. The molecule has 0 aliphatic carbocycles. The molecule has 1 aliphatic heterocycles. The van der Waals surface area contributed by atoms with Crippen LogP contribution in [0.25, 0.3) is 5.65 Å². The Morgan fingerprint density at radius 1 is 0.958 bits per heavy atom. The molecule has 1 aromatic carbocycles. The van der Waals surface area contributed by atoms with Gasteiger partial charge in [-0.1, -0.05) is 30.3 Å². The van der Waals surface area contributed by atoms with E-state index in [0.717, 1.165) is 32.7 Å². The molecule has 24 heavy (non-hydrogen) atoms. The molecule has 1 amide bonds. The largest absolute Gasteiger partial charge is 0.335 e. The van der Waals surface area contributed by atoms with E-state index in [4.69, 9.17) is 0 Å². The standard InChI is InChI=1S/C18H19N5O/c24-18(16-6-8-19-17-7-9-20-23(16)17)22-12-10-21(11-13-22)14-15-4-2-1-3-5-15/h1-9H,10-14H2. The molecular formula is C18H19N5O. The highest BCUT2D eigenvalue weighted by Gasteiger charge is 2.24. The number of carbonyl (C=O) groups excluding carboxylic acids is 1.